The van der Waals surface area contributed by atoms with Crippen LogP contribution in [0.25, 0.3) is 0 Å². The molecule has 1 aromatic carbocycles. The zero-order valence-corrected chi connectivity index (χ0v) is 11.5. The Labute approximate surface area is 112 Å². The fraction of sp³-hybridized carbons (Fsp3) is 0.500. The van der Waals surface area contributed by atoms with Crippen LogP contribution in [-0.4, -0.2) is 19.9 Å². The molecule has 1 heterocycles. The molecule has 1 aromatic rings. The van der Waals surface area contributed by atoms with Crippen molar-refractivity contribution in [1.82, 2.24) is 5.43 Å². The Kier molecular flexibility index (Phi) is 4.27. The number of rotatable bonds is 4. The Balaban J connectivity index is 2.06. The summed E-state index contributed by atoms with van der Waals surface area (Å²) in [5.41, 5.74) is 3.74. The highest BCUT2D eigenvalue weighted by molar-refractivity contribution is 7.91. The second-order valence-corrected chi connectivity index (χ2v) is 7.44. The summed E-state index contributed by atoms with van der Waals surface area (Å²) in [5.74, 6) is 6.30. The van der Waals surface area contributed by atoms with Gasteiger partial charge in [-0.3, -0.25) is 11.3 Å². The summed E-state index contributed by atoms with van der Waals surface area (Å²) in [6.07, 6.45) is 1.44. The van der Waals surface area contributed by atoms with Crippen molar-refractivity contribution < 1.29 is 8.42 Å². The molecule has 2 atom stereocenters. The van der Waals surface area contributed by atoms with Gasteiger partial charge in [0, 0.05) is 11.1 Å². The van der Waals surface area contributed by atoms with Gasteiger partial charge in [0.1, 0.15) is 0 Å². The molecule has 3 N–H and O–H groups in total. The highest BCUT2D eigenvalue weighted by atomic mass is 35.5. The van der Waals surface area contributed by atoms with E-state index in [9.17, 15) is 8.42 Å². The molecule has 4 nitrogen and oxygen atoms in total. The molecule has 2 rings (SSSR count). The lowest BCUT2D eigenvalue weighted by Gasteiger charge is -2.19. The molecule has 0 radical (unpaired) electrons. The molecule has 0 amide bonds. The second kappa shape index (κ2) is 5.57. The standard InChI is InChI=1S/C12H17ClN2O2S/c13-11-3-1-2-10(7-11)12(15-14)6-9-4-5-18(16,17)8-9/h1-3,7,9,12,15H,4-6,8,14H2. The number of sulfone groups is 1. The first-order valence-electron chi connectivity index (χ1n) is 5.92. The molecule has 1 fully saturated rings. The van der Waals surface area contributed by atoms with E-state index in [0.29, 0.717) is 10.8 Å². The third-order valence-electron chi connectivity index (χ3n) is 3.35. The summed E-state index contributed by atoms with van der Waals surface area (Å²) in [5, 5.41) is 0.659. The van der Waals surface area contributed by atoms with E-state index in [2.05, 4.69) is 5.43 Å². The van der Waals surface area contributed by atoms with E-state index >= 15 is 0 Å². The van der Waals surface area contributed by atoms with Crippen LogP contribution in [-0.2, 0) is 9.84 Å². The summed E-state index contributed by atoms with van der Waals surface area (Å²) < 4.78 is 22.9. The molecule has 6 heteroatoms. The van der Waals surface area contributed by atoms with Crippen molar-refractivity contribution in [3.63, 3.8) is 0 Å². The van der Waals surface area contributed by atoms with Crippen molar-refractivity contribution >= 4 is 21.4 Å². The van der Waals surface area contributed by atoms with E-state index in [1.165, 1.54) is 0 Å². The fourth-order valence-electron chi connectivity index (χ4n) is 2.41. The largest absolute Gasteiger partial charge is 0.271 e. The zero-order valence-electron chi connectivity index (χ0n) is 9.97. The normalized spacial score (nSPS) is 24.0. The van der Waals surface area contributed by atoms with Crippen molar-refractivity contribution in [2.24, 2.45) is 11.8 Å². The van der Waals surface area contributed by atoms with Crippen molar-refractivity contribution in [2.45, 2.75) is 18.9 Å². The lowest BCUT2D eigenvalue weighted by atomic mass is 9.95. The van der Waals surface area contributed by atoms with Crippen molar-refractivity contribution in [1.29, 1.82) is 0 Å². The van der Waals surface area contributed by atoms with Gasteiger partial charge in [0.2, 0.25) is 0 Å². The molecule has 18 heavy (non-hydrogen) atoms. The van der Waals surface area contributed by atoms with Crippen LogP contribution >= 0.6 is 11.6 Å². The SMILES string of the molecule is NNC(CC1CCS(=O)(=O)C1)c1cccc(Cl)c1. The number of nitrogens with two attached hydrogens (primary N) is 1. The van der Waals surface area contributed by atoms with Crippen molar-refractivity contribution in [3.05, 3.63) is 34.9 Å². The minimum Gasteiger partial charge on any atom is -0.271 e. The van der Waals surface area contributed by atoms with Gasteiger partial charge < -0.3 is 0 Å². The maximum absolute atomic E-state index is 11.4. The van der Waals surface area contributed by atoms with Crippen molar-refractivity contribution in [3.8, 4) is 0 Å². The van der Waals surface area contributed by atoms with Crippen LogP contribution in [0.3, 0.4) is 0 Å². The molecule has 1 aliphatic heterocycles. The molecule has 100 valence electrons. The number of nitrogens with one attached hydrogen (secondary N) is 1. The molecule has 0 bridgehead atoms. The van der Waals surface area contributed by atoms with Gasteiger partial charge in [-0.1, -0.05) is 23.7 Å². The Bertz CT molecular complexity index is 519. The average molecular weight is 289 g/mol. The van der Waals surface area contributed by atoms with E-state index in [1.807, 2.05) is 18.2 Å². The van der Waals surface area contributed by atoms with Gasteiger partial charge in [0.25, 0.3) is 0 Å². The molecule has 1 aliphatic rings. The van der Waals surface area contributed by atoms with E-state index in [-0.39, 0.29) is 17.7 Å². The number of hydrogen-bond acceptors (Lipinski definition) is 4. The van der Waals surface area contributed by atoms with E-state index in [0.717, 1.165) is 18.4 Å². The maximum atomic E-state index is 11.4. The van der Waals surface area contributed by atoms with Gasteiger partial charge in [-0.2, -0.15) is 0 Å². The predicted octanol–water partition coefficient (Wildman–Crippen LogP) is 1.67. The maximum Gasteiger partial charge on any atom is 0.150 e. The number of halogens is 1. The molecule has 0 aliphatic carbocycles. The third-order valence-corrected chi connectivity index (χ3v) is 5.42. The Hall–Kier alpha value is -0.620. The van der Waals surface area contributed by atoms with E-state index < -0.39 is 9.84 Å². The van der Waals surface area contributed by atoms with Crippen LogP contribution in [0.15, 0.2) is 24.3 Å². The molecule has 1 saturated heterocycles. The van der Waals surface area contributed by atoms with Gasteiger partial charge in [-0.15, -0.1) is 0 Å². The van der Waals surface area contributed by atoms with Gasteiger partial charge in [-0.05, 0) is 36.5 Å². The molecular formula is C12H17ClN2O2S. The van der Waals surface area contributed by atoms with Gasteiger partial charge in [-0.25, -0.2) is 8.42 Å². The Morgan fingerprint density at radius 3 is 2.83 bits per heavy atom. The first-order chi connectivity index (χ1) is 8.50. The molecule has 0 saturated carbocycles. The average Bonchev–Trinajstić information content (AvgIpc) is 2.65. The van der Waals surface area contributed by atoms with Crippen molar-refractivity contribution in [2.75, 3.05) is 11.5 Å². The topological polar surface area (TPSA) is 72.2 Å². The molecule has 0 spiro atoms. The minimum atomic E-state index is -2.83. The van der Waals surface area contributed by atoms with Crippen LogP contribution in [0.2, 0.25) is 5.02 Å². The number of benzene rings is 1. The molecular weight excluding hydrogens is 272 g/mol. The minimum absolute atomic E-state index is 0.0537. The van der Waals surface area contributed by atoms with E-state index in [4.69, 9.17) is 17.4 Å². The van der Waals surface area contributed by atoms with E-state index in [1.54, 1.807) is 6.07 Å². The van der Waals surface area contributed by atoms with Crippen LogP contribution in [0.1, 0.15) is 24.4 Å². The Morgan fingerprint density at radius 1 is 1.50 bits per heavy atom. The Morgan fingerprint density at radius 2 is 2.28 bits per heavy atom. The summed E-state index contributed by atoms with van der Waals surface area (Å²) in [6.45, 7) is 0. The third kappa shape index (κ3) is 3.45. The summed E-state index contributed by atoms with van der Waals surface area (Å²) in [4.78, 5) is 0. The highest BCUT2D eigenvalue weighted by Gasteiger charge is 2.29. The van der Waals surface area contributed by atoms with Gasteiger partial charge in [0.15, 0.2) is 9.84 Å². The first kappa shape index (κ1) is 13.8. The summed E-state index contributed by atoms with van der Waals surface area (Å²) in [7, 11) is -2.83. The molecule has 2 unspecified atom stereocenters. The monoisotopic (exact) mass is 288 g/mol. The molecule has 0 aromatic heterocycles. The smallest absolute Gasteiger partial charge is 0.150 e. The highest BCUT2D eigenvalue weighted by Crippen LogP contribution is 2.29. The lowest BCUT2D eigenvalue weighted by molar-refractivity contribution is 0.421. The van der Waals surface area contributed by atoms with Crippen LogP contribution in [0.5, 0.6) is 0 Å². The van der Waals surface area contributed by atoms with Gasteiger partial charge >= 0.3 is 0 Å². The zero-order chi connectivity index (χ0) is 13.2. The van der Waals surface area contributed by atoms with Crippen LogP contribution in [0, 0.1) is 5.92 Å². The summed E-state index contributed by atoms with van der Waals surface area (Å²) in [6, 6.07) is 7.42. The van der Waals surface area contributed by atoms with Crippen LogP contribution in [0.4, 0.5) is 0 Å². The quantitative estimate of drug-likeness (QED) is 0.653. The van der Waals surface area contributed by atoms with Crippen LogP contribution < -0.4 is 11.3 Å². The number of hydrazine groups is 1. The number of hydrogen-bond donors (Lipinski definition) is 2. The first-order valence-corrected chi connectivity index (χ1v) is 8.12. The van der Waals surface area contributed by atoms with Gasteiger partial charge in [0.05, 0.1) is 11.5 Å². The predicted molar refractivity (Wildman–Crippen MR) is 72.9 cm³/mol. The summed E-state index contributed by atoms with van der Waals surface area (Å²) >= 11 is 5.94. The lowest BCUT2D eigenvalue weighted by Crippen LogP contribution is -2.30. The fourth-order valence-corrected chi connectivity index (χ4v) is 4.49. The second-order valence-electron chi connectivity index (χ2n) is 4.78.